The summed E-state index contributed by atoms with van der Waals surface area (Å²) in [7, 11) is -4.65. The molecule has 1 saturated heterocycles. The average molecular weight is 488 g/mol. The Balaban J connectivity index is 2.58. The lowest BCUT2D eigenvalue weighted by molar-refractivity contribution is -0.114. The van der Waals surface area contributed by atoms with Gasteiger partial charge in [0.25, 0.3) is 0 Å². The Hall–Kier alpha value is -1.09. The van der Waals surface area contributed by atoms with Crippen molar-refractivity contribution >= 4 is 23.4 Å². The zero-order chi connectivity index (χ0) is 24.4. The number of hydrogen-bond donors (Lipinski definition) is 3. The molecule has 1 aliphatic heterocycles. The van der Waals surface area contributed by atoms with Crippen LogP contribution in [-0.4, -0.2) is 62.8 Å². The largest absolute Gasteiger partial charge is 0.437 e. The van der Waals surface area contributed by atoms with Crippen LogP contribution in [0.4, 0.5) is 5.82 Å². The molecule has 184 valence electrons. The van der Waals surface area contributed by atoms with Gasteiger partial charge in [-0.3, -0.25) is 4.57 Å². The van der Waals surface area contributed by atoms with Gasteiger partial charge in [0, 0.05) is 6.20 Å². The van der Waals surface area contributed by atoms with Crippen molar-refractivity contribution in [3.8, 4) is 0 Å². The predicted molar refractivity (Wildman–Crippen MR) is 129 cm³/mol. The Bertz CT molecular complexity index is 803. The Labute approximate surface area is 193 Å². The van der Waals surface area contributed by atoms with E-state index in [1.807, 2.05) is 0 Å². The Morgan fingerprint density at radius 2 is 1.81 bits per heavy atom. The van der Waals surface area contributed by atoms with E-state index in [0.29, 0.717) is 11.1 Å². The number of hydrogen-bond acceptors (Lipinski definition) is 8. The number of aromatic nitrogens is 2. The van der Waals surface area contributed by atoms with Crippen molar-refractivity contribution in [3.63, 3.8) is 0 Å². The van der Waals surface area contributed by atoms with E-state index >= 15 is 0 Å². The molecular weight excluding hydrogens is 446 g/mol. The topological polar surface area (TPSA) is 129 Å². The van der Waals surface area contributed by atoms with Gasteiger partial charge in [-0.15, -0.1) is 0 Å². The normalized spacial score (nSPS) is 24.6. The van der Waals surface area contributed by atoms with Gasteiger partial charge in [-0.05, 0) is 28.2 Å². The number of aliphatic hydroxyl groups is 2. The fraction of sp³-hybridized carbons (Fsp3) is 0.810. The zero-order valence-corrected chi connectivity index (χ0v) is 22.8. The van der Waals surface area contributed by atoms with Gasteiger partial charge in [0.1, 0.15) is 18.0 Å². The van der Waals surface area contributed by atoms with Gasteiger partial charge in [0.15, 0.2) is 14.8 Å². The smallest absolute Gasteiger partial charge is 0.351 e. The lowest BCUT2D eigenvalue weighted by atomic mass is 10.1. The van der Waals surface area contributed by atoms with Crippen LogP contribution in [0.25, 0.3) is 0 Å². The maximum atomic E-state index is 12.6. The van der Waals surface area contributed by atoms with Crippen molar-refractivity contribution in [1.82, 2.24) is 9.55 Å². The van der Waals surface area contributed by atoms with Crippen molar-refractivity contribution in [2.75, 3.05) is 18.9 Å². The molecule has 11 heteroatoms. The van der Waals surface area contributed by atoms with Crippen LogP contribution in [0.2, 0.25) is 22.2 Å². The van der Waals surface area contributed by atoms with Crippen LogP contribution in [0.3, 0.4) is 0 Å². The highest BCUT2D eigenvalue weighted by molar-refractivity contribution is 6.78. The molecule has 0 bridgehead atoms. The molecule has 0 aliphatic carbocycles. The summed E-state index contributed by atoms with van der Waals surface area (Å²) in [4.78, 5) is 16.3. The fourth-order valence-electron chi connectivity index (χ4n) is 4.63. The molecule has 3 unspecified atom stereocenters. The van der Waals surface area contributed by atoms with Crippen LogP contribution >= 0.6 is 0 Å². The molecule has 4 N–H and O–H groups in total. The van der Waals surface area contributed by atoms with Crippen LogP contribution < -0.4 is 11.4 Å². The molecular formula is C21H41N3O6Si2. The zero-order valence-electron chi connectivity index (χ0n) is 20.6. The number of aliphatic hydroxyl groups excluding tert-OH is 1. The Morgan fingerprint density at radius 3 is 2.25 bits per heavy atom. The van der Waals surface area contributed by atoms with Crippen molar-refractivity contribution in [1.29, 1.82) is 0 Å². The maximum absolute atomic E-state index is 12.6. The molecule has 3 atom stereocenters. The van der Waals surface area contributed by atoms with Gasteiger partial charge >= 0.3 is 14.3 Å². The van der Waals surface area contributed by atoms with Gasteiger partial charge in [-0.2, -0.15) is 4.98 Å². The first-order valence-electron chi connectivity index (χ1n) is 11.5. The Kier molecular flexibility index (Phi) is 8.87. The van der Waals surface area contributed by atoms with E-state index in [2.05, 4.69) is 60.4 Å². The SMILES string of the molecule is CC(C)[SiH](O[Si](OC1C(CO)OCC1(O)n1ccc(N)nc1=O)(C(C)C)C(C)C)C(C)C. The molecule has 0 saturated carbocycles. The quantitative estimate of drug-likeness (QED) is 0.428. The summed E-state index contributed by atoms with van der Waals surface area (Å²) in [6, 6.07) is 1.44. The number of rotatable bonds is 10. The van der Waals surface area contributed by atoms with E-state index in [1.54, 1.807) is 0 Å². The minimum absolute atomic E-state index is 0.0593. The molecule has 1 fully saturated rings. The lowest BCUT2D eigenvalue weighted by Crippen LogP contribution is -2.61. The highest BCUT2D eigenvalue weighted by atomic mass is 28.4. The Morgan fingerprint density at radius 1 is 1.25 bits per heavy atom. The van der Waals surface area contributed by atoms with Gasteiger partial charge in [0.2, 0.25) is 0 Å². The second kappa shape index (κ2) is 10.5. The number of nitrogens with two attached hydrogens (primary N) is 1. The first-order valence-corrected chi connectivity index (χ1v) is 15.2. The van der Waals surface area contributed by atoms with E-state index < -0.39 is 41.2 Å². The highest BCUT2D eigenvalue weighted by Gasteiger charge is 2.58. The summed E-state index contributed by atoms with van der Waals surface area (Å²) >= 11 is 0. The van der Waals surface area contributed by atoms with Gasteiger partial charge < -0.3 is 29.2 Å². The minimum atomic E-state index is -2.96. The van der Waals surface area contributed by atoms with Gasteiger partial charge in [-0.25, -0.2) is 4.79 Å². The van der Waals surface area contributed by atoms with Crippen LogP contribution in [-0.2, 0) is 19.0 Å². The second-order valence-corrected chi connectivity index (χ2v) is 18.6. The van der Waals surface area contributed by atoms with Crippen molar-refractivity contribution in [2.45, 2.75) is 95.5 Å². The molecule has 0 aromatic carbocycles. The van der Waals surface area contributed by atoms with Crippen LogP contribution in [0.1, 0.15) is 55.4 Å². The summed E-state index contributed by atoms with van der Waals surface area (Å²) in [6.07, 6.45) is -0.421. The predicted octanol–water partition coefficient (Wildman–Crippen LogP) is 2.07. The van der Waals surface area contributed by atoms with Crippen LogP contribution in [0, 0.1) is 0 Å². The van der Waals surface area contributed by atoms with Crippen molar-refractivity contribution in [2.24, 2.45) is 0 Å². The summed E-state index contributed by atoms with van der Waals surface area (Å²) < 4.78 is 20.6. The molecule has 32 heavy (non-hydrogen) atoms. The number of nitrogens with zero attached hydrogens (tertiary/aromatic N) is 2. The molecule has 2 heterocycles. The molecule has 0 amide bonds. The van der Waals surface area contributed by atoms with Crippen LogP contribution in [0.15, 0.2) is 17.1 Å². The van der Waals surface area contributed by atoms with E-state index in [4.69, 9.17) is 19.0 Å². The van der Waals surface area contributed by atoms with Gasteiger partial charge in [-0.1, -0.05) is 55.4 Å². The second-order valence-electron chi connectivity index (χ2n) is 10.1. The molecule has 1 aromatic heterocycles. The number of ether oxygens (including phenoxy) is 1. The monoisotopic (exact) mass is 487 g/mol. The van der Waals surface area contributed by atoms with Crippen molar-refractivity contribution < 1.29 is 23.5 Å². The summed E-state index contributed by atoms with van der Waals surface area (Å²) in [5, 5.41) is 21.7. The third-order valence-electron chi connectivity index (χ3n) is 6.28. The average Bonchev–Trinajstić information content (AvgIpc) is 2.99. The first-order chi connectivity index (χ1) is 14.8. The molecule has 1 aromatic rings. The van der Waals surface area contributed by atoms with E-state index in [9.17, 15) is 15.0 Å². The molecule has 2 rings (SSSR count). The van der Waals surface area contributed by atoms with Crippen molar-refractivity contribution in [3.05, 3.63) is 22.7 Å². The molecule has 1 aliphatic rings. The van der Waals surface area contributed by atoms with E-state index in [0.717, 1.165) is 4.57 Å². The minimum Gasteiger partial charge on any atom is -0.437 e. The van der Waals surface area contributed by atoms with Crippen LogP contribution in [0.5, 0.6) is 0 Å². The summed E-state index contributed by atoms with van der Waals surface area (Å²) in [6.45, 7) is 16.5. The summed E-state index contributed by atoms with van der Waals surface area (Å²) in [5.41, 5.74) is 4.03. The van der Waals surface area contributed by atoms with E-state index in [-0.39, 0.29) is 30.1 Å². The number of anilines is 1. The van der Waals surface area contributed by atoms with Gasteiger partial charge in [0.05, 0.1) is 13.2 Å². The number of nitrogen functional groups attached to an aromatic ring is 1. The van der Waals surface area contributed by atoms with E-state index in [1.165, 1.54) is 12.3 Å². The summed E-state index contributed by atoms with van der Waals surface area (Å²) in [5.74, 6) is 0.0593. The third kappa shape index (κ3) is 5.19. The third-order valence-corrected chi connectivity index (χ3v) is 15.3. The molecule has 9 nitrogen and oxygen atoms in total. The fourth-order valence-corrected chi connectivity index (χ4v) is 15.1. The first kappa shape index (κ1) is 27.2. The molecule has 0 radical (unpaired) electrons. The molecule has 0 spiro atoms. The highest BCUT2D eigenvalue weighted by Crippen LogP contribution is 2.43. The standard InChI is InChI=1S/C21H41N3O6Si2/c1-13(2)31(14(3)4)30-32(15(5)6,16(7)8)29-19-17(11-25)28-12-21(19,27)24-10-9-18(22)23-20(24)26/h9-10,13-17,19,25,27,31H,11-12H2,1-8H3,(H2,22,23,26). The maximum Gasteiger partial charge on any atom is 0.351 e. The lowest BCUT2D eigenvalue weighted by Gasteiger charge is -2.46.